The number of nitrogens with one attached hydrogen (secondary N) is 1. The van der Waals surface area contributed by atoms with Crippen LogP contribution in [0, 0.1) is 0 Å². The summed E-state index contributed by atoms with van der Waals surface area (Å²) in [7, 11) is 3.26. The first-order chi connectivity index (χ1) is 12.7. The van der Waals surface area contributed by atoms with Gasteiger partial charge in [0.25, 0.3) is 0 Å². The van der Waals surface area contributed by atoms with E-state index in [1.807, 2.05) is 23.1 Å². The Bertz CT molecular complexity index is 594. The van der Waals surface area contributed by atoms with Gasteiger partial charge in [-0.05, 0) is 37.0 Å². The van der Waals surface area contributed by atoms with E-state index in [1.165, 1.54) is 25.7 Å². The minimum absolute atomic E-state index is 0.0524. The van der Waals surface area contributed by atoms with Crippen LogP contribution in [0.4, 0.5) is 4.79 Å². The van der Waals surface area contributed by atoms with Crippen molar-refractivity contribution in [2.75, 3.05) is 46.9 Å². The van der Waals surface area contributed by atoms with Gasteiger partial charge in [-0.1, -0.05) is 18.9 Å². The summed E-state index contributed by atoms with van der Waals surface area (Å²) in [5.74, 6) is 1.44. The lowest BCUT2D eigenvalue weighted by Crippen LogP contribution is -2.53. The molecule has 26 heavy (non-hydrogen) atoms. The summed E-state index contributed by atoms with van der Waals surface area (Å²) in [6.07, 6.45) is 6.16. The molecule has 0 radical (unpaired) electrons. The van der Waals surface area contributed by atoms with Crippen molar-refractivity contribution in [2.45, 2.75) is 38.1 Å². The molecule has 1 aromatic rings. The lowest BCUT2D eigenvalue weighted by Gasteiger charge is -2.38. The molecular weight excluding hydrogens is 330 g/mol. The predicted molar refractivity (Wildman–Crippen MR) is 102 cm³/mol. The number of hydrogen-bond donors (Lipinski definition) is 1. The van der Waals surface area contributed by atoms with Crippen molar-refractivity contribution in [1.82, 2.24) is 15.1 Å². The monoisotopic (exact) mass is 361 g/mol. The van der Waals surface area contributed by atoms with Crippen LogP contribution in [0.1, 0.15) is 31.2 Å². The van der Waals surface area contributed by atoms with E-state index in [-0.39, 0.29) is 6.03 Å². The van der Waals surface area contributed by atoms with Crippen molar-refractivity contribution in [3.63, 3.8) is 0 Å². The summed E-state index contributed by atoms with van der Waals surface area (Å²) in [5.41, 5.74) is 1.12. The molecule has 1 aliphatic heterocycles. The molecule has 1 N–H and O–H groups in total. The molecule has 0 unspecified atom stereocenters. The molecule has 6 nitrogen and oxygen atoms in total. The van der Waals surface area contributed by atoms with Crippen LogP contribution in [-0.4, -0.2) is 68.8 Å². The minimum Gasteiger partial charge on any atom is -0.493 e. The van der Waals surface area contributed by atoms with E-state index in [0.717, 1.165) is 55.7 Å². The summed E-state index contributed by atoms with van der Waals surface area (Å²) in [6, 6.07) is 6.68. The Balaban J connectivity index is 1.40. The van der Waals surface area contributed by atoms with Crippen molar-refractivity contribution in [1.29, 1.82) is 0 Å². The third-order valence-corrected chi connectivity index (χ3v) is 5.58. The molecule has 1 heterocycles. The number of methoxy groups -OCH3 is 2. The zero-order chi connectivity index (χ0) is 18.4. The van der Waals surface area contributed by atoms with Gasteiger partial charge in [-0.25, -0.2) is 4.79 Å². The van der Waals surface area contributed by atoms with Gasteiger partial charge in [-0.3, -0.25) is 4.90 Å². The molecule has 0 spiro atoms. The lowest BCUT2D eigenvalue weighted by atomic mass is 10.1. The van der Waals surface area contributed by atoms with E-state index in [1.54, 1.807) is 14.2 Å². The average molecular weight is 361 g/mol. The Morgan fingerprint density at radius 3 is 2.42 bits per heavy atom. The molecule has 1 aliphatic carbocycles. The molecule has 2 aliphatic rings. The van der Waals surface area contributed by atoms with Gasteiger partial charge in [0.15, 0.2) is 11.5 Å². The van der Waals surface area contributed by atoms with Gasteiger partial charge in [-0.2, -0.15) is 0 Å². The lowest BCUT2D eigenvalue weighted by molar-refractivity contribution is 0.110. The SMILES string of the molecule is COc1ccc(CCNC(=O)N2CCN(C3CCCC3)CC2)cc1OC. The quantitative estimate of drug-likeness (QED) is 0.846. The van der Waals surface area contributed by atoms with Gasteiger partial charge in [0.2, 0.25) is 0 Å². The van der Waals surface area contributed by atoms with Crippen molar-refractivity contribution in [2.24, 2.45) is 0 Å². The second kappa shape index (κ2) is 9.12. The topological polar surface area (TPSA) is 54.0 Å². The first-order valence-corrected chi connectivity index (χ1v) is 9.69. The molecular formula is C20H31N3O3. The van der Waals surface area contributed by atoms with Crippen LogP contribution in [0.2, 0.25) is 0 Å². The van der Waals surface area contributed by atoms with E-state index in [0.29, 0.717) is 6.54 Å². The van der Waals surface area contributed by atoms with Gasteiger partial charge < -0.3 is 19.7 Å². The number of amides is 2. The van der Waals surface area contributed by atoms with Gasteiger partial charge in [0.1, 0.15) is 0 Å². The van der Waals surface area contributed by atoms with E-state index in [4.69, 9.17) is 9.47 Å². The van der Waals surface area contributed by atoms with Gasteiger partial charge in [0.05, 0.1) is 14.2 Å². The van der Waals surface area contributed by atoms with Crippen LogP contribution in [0.5, 0.6) is 11.5 Å². The number of benzene rings is 1. The van der Waals surface area contributed by atoms with E-state index < -0.39 is 0 Å². The number of hydrogen-bond acceptors (Lipinski definition) is 4. The summed E-state index contributed by atoms with van der Waals surface area (Å²) in [5, 5.41) is 3.05. The fourth-order valence-electron chi connectivity index (χ4n) is 4.02. The molecule has 144 valence electrons. The molecule has 0 atom stereocenters. The Morgan fingerprint density at radius 1 is 1.08 bits per heavy atom. The third-order valence-electron chi connectivity index (χ3n) is 5.58. The minimum atomic E-state index is 0.0524. The van der Waals surface area contributed by atoms with Crippen LogP contribution in [0.25, 0.3) is 0 Å². The molecule has 0 bridgehead atoms. The van der Waals surface area contributed by atoms with Crippen LogP contribution >= 0.6 is 0 Å². The fourth-order valence-corrected chi connectivity index (χ4v) is 4.02. The first kappa shape index (κ1) is 18.8. The molecule has 2 fully saturated rings. The standard InChI is InChI=1S/C20H31N3O3/c1-25-18-8-7-16(15-19(18)26-2)9-10-21-20(24)23-13-11-22(12-14-23)17-5-3-4-6-17/h7-8,15,17H,3-6,9-14H2,1-2H3,(H,21,24). The summed E-state index contributed by atoms with van der Waals surface area (Å²) in [4.78, 5) is 16.9. The van der Waals surface area contributed by atoms with Crippen LogP contribution in [0.3, 0.4) is 0 Å². The van der Waals surface area contributed by atoms with Crippen molar-refractivity contribution >= 4 is 6.03 Å². The zero-order valence-corrected chi connectivity index (χ0v) is 16.0. The van der Waals surface area contributed by atoms with E-state index >= 15 is 0 Å². The van der Waals surface area contributed by atoms with Crippen molar-refractivity contribution < 1.29 is 14.3 Å². The highest BCUT2D eigenvalue weighted by atomic mass is 16.5. The smallest absolute Gasteiger partial charge is 0.317 e. The molecule has 0 aromatic heterocycles. The second-order valence-electron chi connectivity index (χ2n) is 7.13. The average Bonchev–Trinajstić information content (AvgIpc) is 3.22. The number of carbonyl (C=O) groups excluding carboxylic acids is 1. The Labute approximate surface area is 156 Å². The highest BCUT2D eigenvalue weighted by Crippen LogP contribution is 2.27. The number of ether oxygens (including phenoxy) is 2. The molecule has 6 heteroatoms. The number of rotatable bonds is 6. The molecule has 1 aromatic carbocycles. The molecule has 1 saturated carbocycles. The Kier molecular flexibility index (Phi) is 6.61. The normalized spacial score (nSPS) is 18.8. The van der Waals surface area contributed by atoms with Crippen LogP contribution in [-0.2, 0) is 6.42 Å². The van der Waals surface area contributed by atoms with Gasteiger partial charge in [0, 0.05) is 38.8 Å². The Hall–Kier alpha value is -1.95. The second-order valence-corrected chi connectivity index (χ2v) is 7.13. The number of carbonyl (C=O) groups is 1. The molecule has 3 rings (SSSR count). The number of urea groups is 1. The molecule has 2 amide bonds. The Morgan fingerprint density at radius 2 is 1.77 bits per heavy atom. The third kappa shape index (κ3) is 4.61. The summed E-state index contributed by atoms with van der Waals surface area (Å²) in [6.45, 7) is 4.30. The highest BCUT2D eigenvalue weighted by molar-refractivity contribution is 5.74. The van der Waals surface area contributed by atoms with Crippen LogP contribution < -0.4 is 14.8 Å². The summed E-state index contributed by atoms with van der Waals surface area (Å²) < 4.78 is 10.6. The highest BCUT2D eigenvalue weighted by Gasteiger charge is 2.27. The number of nitrogens with zero attached hydrogens (tertiary/aromatic N) is 2. The first-order valence-electron chi connectivity index (χ1n) is 9.69. The molecule has 1 saturated heterocycles. The maximum atomic E-state index is 12.4. The maximum Gasteiger partial charge on any atom is 0.317 e. The van der Waals surface area contributed by atoms with E-state index in [9.17, 15) is 4.79 Å². The predicted octanol–water partition coefficient (Wildman–Crippen LogP) is 2.52. The van der Waals surface area contributed by atoms with E-state index in [2.05, 4.69) is 10.2 Å². The zero-order valence-electron chi connectivity index (χ0n) is 16.0. The van der Waals surface area contributed by atoms with Crippen molar-refractivity contribution in [3.8, 4) is 11.5 Å². The fraction of sp³-hybridized carbons (Fsp3) is 0.650. The van der Waals surface area contributed by atoms with Crippen molar-refractivity contribution in [3.05, 3.63) is 23.8 Å². The van der Waals surface area contributed by atoms with Crippen LogP contribution in [0.15, 0.2) is 18.2 Å². The number of piperazine rings is 1. The summed E-state index contributed by atoms with van der Waals surface area (Å²) >= 11 is 0. The van der Waals surface area contributed by atoms with Gasteiger partial charge in [-0.15, -0.1) is 0 Å². The maximum absolute atomic E-state index is 12.4. The van der Waals surface area contributed by atoms with Gasteiger partial charge >= 0.3 is 6.03 Å². The largest absolute Gasteiger partial charge is 0.493 e.